The standard InChI is InChI=1S/C8H13B/c1-5(9)7-4-8(7)6-2-3-6/h5-8H,2-4H2,1H3. The van der Waals surface area contributed by atoms with Crippen molar-refractivity contribution in [3.63, 3.8) is 0 Å². The highest BCUT2D eigenvalue weighted by Crippen LogP contribution is 2.57. The maximum Gasteiger partial charge on any atom is 0.0699 e. The normalized spacial score (nSPS) is 44.6. The predicted molar refractivity (Wildman–Crippen MR) is 39.5 cm³/mol. The lowest BCUT2D eigenvalue weighted by atomic mass is 9.84. The summed E-state index contributed by atoms with van der Waals surface area (Å²) in [4.78, 5) is 0. The van der Waals surface area contributed by atoms with Crippen LogP contribution in [0.2, 0.25) is 5.82 Å². The van der Waals surface area contributed by atoms with Crippen LogP contribution in [0.4, 0.5) is 0 Å². The highest BCUT2D eigenvalue weighted by atomic mass is 14.5. The number of rotatable bonds is 2. The molecule has 0 amide bonds. The summed E-state index contributed by atoms with van der Waals surface area (Å²) in [5, 5.41) is 0. The van der Waals surface area contributed by atoms with Crippen LogP contribution in [0.5, 0.6) is 0 Å². The van der Waals surface area contributed by atoms with Crippen LogP contribution >= 0.6 is 0 Å². The van der Waals surface area contributed by atoms with Crippen molar-refractivity contribution in [2.24, 2.45) is 17.8 Å². The van der Waals surface area contributed by atoms with Gasteiger partial charge in [-0.3, -0.25) is 0 Å². The Balaban J connectivity index is 1.81. The van der Waals surface area contributed by atoms with Crippen molar-refractivity contribution in [1.29, 1.82) is 0 Å². The second-order valence-corrected chi connectivity index (χ2v) is 3.76. The largest absolute Gasteiger partial charge is 0.0771 e. The Hall–Kier alpha value is 0.0649. The molecule has 0 bridgehead atoms. The van der Waals surface area contributed by atoms with Gasteiger partial charge in [0.15, 0.2) is 0 Å². The van der Waals surface area contributed by atoms with E-state index in [-0.39, 0.29) is 0 Å². The molecule has 2 aliphatic rings. The van der Waals surface area contributed by atoms with Crippen molar-refractivity contribution in [1.82, 2.24) is 0 Å². The van der Waals surface area contributed by atoms with Crippen LogP contribution < -0.4 is 0 Å². The fourth-order valence-electron chi connectivity index (χ4n) is 1.91. The molecule has 2 rings (SSSR count). The summed E-state index contributed by atoms with van der Waals surface area (Å²) in [6.45, 7) is 2.15. The molecule has 0 aliphatic heterocycles. The van der Waals surface area contributed by atoms with Crippen LogP contribution in [0, 0.1) is 17.8 Å². The Morgan fingerprint density at radius 2 is 2.11 bits per heavy atom. The van der Waals surface area contributed by atoms with E-state index in [4.69, 9.17) is 7.85 Å². The van der Waals surface area contributed by atoms with Gasteiger partial charge in [-0.05, 0) is 37.0 Å². The minimum absolute atomic E-state index is 0.468. The molecule has 0 aromatic heterocycles. The van der Waals surface area contributed by atoms with Gasteiger partial charge in [0.25, 0.3) is 0 Å². The fraction of sp³-hybridized carbons (Fsp3) is 1.00. The lowest BCUT2D eigenvalue weighted by molar-refractivity contribution is 0.615. The van der Waals surface area contributed by atoms with Crippen LogP contribution in [0.1, 0.15) is 26.2 Å². The molecule has 48 valence electrons. The van der Waals surface area contributed by atoms with E-state index >= 15 is 0 Å². The molecular formula is C8H13B. The summed E-state index contributed by atoms with van der Waals surface area (Å²) in [6, 6.07) is 0. The zero-order chi connectivity index (χ0) is 6.43. The van der Waals surface area contributed by atoms with Crippen molar-refractivity contribution in [3.05, 3.63) is 0 Å². The minimum atomic E-state index is 0.468. The first kappa shape index (κ1) is 5.82. The highest BCUT2D eigenvalue weighted by Gasteiger charge is 2.47. The Bertz CT molecular complexity index is 110. The quantitative estimate of drug-likeness (QED) is 0.489. The molecule has 2 radical (unpaired) electrons. The van der Waals surface area contributed by atoms with Gasteiger partial charge in [-0.25, -0.2) is 0 Å². The van der Waals surface area contributed by atoms with E-state index in [1.165, 1.54) is 19.3 Å². The highest BCUT2D eigenvalue weighted by molar-refractivity contribution is 6.11. The van der Waals surface area contributed by atoms with Crippen molar-refractivity contribution in [3.8, 4) is 0 Å². The molecule has 0 aromatic carbocycles. The van der Waals surface area contributed by atoms with Gasteiger partial charge in [0.1, 0.15) is 0 Å². The van der Waals surface area contributed by atoms with E-state index < -0.39 is 0 Å². The van der Waals surface area contributed by atoms with Gasteiger partial charge in [-0.15, -0.1) is 0 Å². The monoisotopic (exact) mass is 120 g/mol. The van der Waals surface area contributed by atoms with Crippen molar-refractivity contribution < 1.29 is 0 Å². The SMILES string of the molecule is [B]C(C)C1CC1C1CC1. The number of hydrogen-bond donors (Lipinski definition) is 0. The van der Waals surface area contributed by atoms with Crippen molar-refractivity contribution >= 4 is 7.85 Å². The van der Waals surface area contributed by atoms with E-state index in [0.29, 0.717) is 5.82 Å². The van der Waals surface area contributed by atoms with E-state index in [1.54, 1.807) is 0 Å². The Morgan fingerprint density at radius 3 is 2.44 bits per heavy atom. The van der Waals surface area contributed by atoms with Gasteiger partial charge >= 0.3 is 0 Å². The minimum Gasteiger partial charge on any atom is -0.0771 e. The molecule has 0 saturated heterocycles. The third-order valence-electron chi connectivity index (χ3n) is 2.79. The van der Waals surface area contributed by atoms with Gasteiger partial charge < -0.3 is 0 Å². The summed E-state index contributed by atoms with van der Waals surface area (Å²) in [6.07, 6.45) is 4.42. The van der Waals surface area contributed by atoms with Gasteiger partial charge in [0.2, 0.25) is 0 Å². The summed E-state index contributed by atoms with van der Waals surface area (Å²) in [7, 11) is 5.75. The molecule has 2 fully saturated rings. The van der Waals surface area contributed by atoms with Crippen molar-refractivity contribution in [2.45, 2.75) is 32.0 Å². The average molecular weight is 120 g/mol. The molecule has 0 nitrogen and oxygen atoms in total. The molecule has 0 N–H and O–H groups in total. The molecule has 0 spiro atoms. The van der Waals surface area contributed by atoms with Crippen LogP contribution in [0.25, 0.3) is 0 Å². The van der Waals surface area contributed by atoms with Crippen LogP contribution in [0.3, 0.4) is 0 Å². The first-order valence-corrected chi connectivity index (χ1v) is 4.04. The summed E-state index contributed by atoms with van der Waals surface area (Å²) >= 11 is 0. The maximum absolute atomic E-state index is 5.75. The third kappa shape index (κ3) is 1.02. The molecule has 3 atom stereocenters. The molecule has 2 saturated carbocycles. The summed E-state index contributed by atoms with van der Waals surface area (Å²) in [5.74, 6) is 3.51. The van der Waals surface area contributed by atoms with Crippen LogP contribution in [0.15, 0.2) is 0 Å². The zero-order valence-corrected chi connectivity index (χ0v) is 6.01. The van der Waals surface area contributed by atoms with Gasteiger partial charge in [-0.2, -0.15) is 0 Å². The molecule has 0 heterocycles. The molecule has 1 heteroatoms. The summed E-state index contributed by atoms with van der Waals surface area (Å²) in [5.41, 5.74) is 0. The third-order valence-corrected chi connectivity index (χ3v) is 2.79. The Kier molecular flexibility index (Phi) is 1.15. The Morgan fingerprint density at radius 1 is 1.44 bits per heavy atom. The average Bonchev–Trinajstić information content (AvgIpc) is 2.60. The van der Waals surface area contributed by atoms with Gasteiger partial charge in [0, 0.05) is 0 Å². The Labute approximate surface area is 58.4 Å². The van der Waals surface area contributed by atoms with Crippen molar-refractivity contribution in [2.75, 3.05) is 0 Å². The topological polar surface area (TPSA) is 0 Å². The summed E-state index contributed by atoms with van der Waals surface area (Å²) < 4.78 is 0. The first-order chi connectivity index (χ1) is 4.29. The second kappa shape index (κ2) is 1.77. The fourth-order valence-corrected chi connectivity index (χ4v) is 1.91. The molecule has 9 heavy (non-hydrogen) atoms. The molecule has 3 unspecified atom stereocenters. The lowest BCUT2D eigenvalue weighted by Gasteiger charge is -2.00. The molecule has 0 aromatic rings. The zero-order valence-electron chi connectivity index (χ0n) is 6.01. The van der Waals surface area contributed by atoms with Gasteiger partial charge in [-0.1, -0.05) is 12.7 Å². The van der Waals surface area contributed by atoms with E-state index in [1.807, 2.05) is 0 Å². The molecule has 2 aliphatic carbocycles. The second-order valence-electron chi connectivity index (χ2n) is 3.76. The first-order valence-electron chi connectivity index (χ1n) is 4.04. The van der Waals surface area contributed by atoms with Crippen LogP contribution in [-0.4, -0.2) is 7.85 Å². The van der Waals surface area contributed by atoms with E-state index in [2.05, 4.69) is 6.92 Å². The maximum atomic E-state index is 5.75. The van der Waals surface area contributed by atoms with Crippen LogP contribution in [-0.2, 0) is 0 Å². The van der Waals surface area contributed by atoms with E-state index in [0.717, 1.165) is 17.8 Å². The van der Waals surface area contributed by atoms with E-state index in [9.17, 15) is 0 Å². The van der Waals surface area contributed by atoms with Gasteiger partial charge in [0.05, 0.1) is 7.85 Å². The number of hydrogen-bond acceptors (Lipinski definition) is 0. The smallest absolute Gasteiger partial charge is 0.0699 e. The lowest BCUT2D eigenvalue weighted by Crippen LogP contribution is -1.91. The predicted octanol–water partition coefficient (Wildman–Crippen LogP) is 2.01. The molecular weight excluding hydrogens is 107 g/mol.